The molecule has 0 heterocycles. The van der Waals surface area contributed by atoms with E-state index in [9.17, 15) is 9.90 Å². The molecule has 156 valence electrons. The highest BCUT2D eigenvalue weighted by atomic mass is 35.5. The van der Waals surface area contributed by atoms with Crippen LogP contribution in [0.25, 0.3) is 0 Å². The molecule has 0 aromatic rings. The van der Waals surface area contributed by atoms with Crippen LogP contribution < -0.4 is 12.4 Å². The van der Waals surface area contributed by atoms with Crippen molar-refractivity contribution in [3.05, 3.63) is 0 Å². The van der Waals surface area contributed by atoms with E-state index >= 15 is 0 Å². The smallest absolute Gasteiger partial charge is 0.361 e. The summed E-state index contributed by atoms with van der Waals surface area (Å²) in [5.74, 6) is 0.225. The summed E-state index contributed by atoms with van der Waals surface area (Å²) in [5, 5.41) is 10.1. The van der Waals surface area contributed by atoms with Crippen LogP contribution in [0.15, 0.2) is 0 Å². The molecule has 0 spiro atoms. The second-order valence-electron chi connectivity index (χ2n) is 8.58. The molecule has 0 aromatic carbocycles. The van der Waals surface area contributed by atoms with Crippen molar-refractivity contribution in [1.29, 1.82) is 0 Å². The van der Waals surface area contributed by atoms with E-state index in [1.807, 2.05) is 0 Å². The number of hydrogen-bond donors (Lipinski definition) is 1. The third kappa shape index (κ3) is 12.1. The van der Waals surface area contributed by atoms with E-state index < -0.39 is 0 Å². The highest BCUT2D eigenvalue weighted by molar-refractivity contribution is 5.70. The van der Waals surface area contributed by atoms with Gasteiger partial charge in [-0.25, -0.2) is 4.79 Å². The highest BCUT2D eigenvalue weighted by Crippen LogP contribution is 2.26. The highest BCUT2D eigenvalue weighted by Gasteiger charge is 2.31. The molecule has 0 radical (unpaired) electrons. The van der Waals surface area contributed by atoms with Gasteiger partial charge in [0.15, 0.2) is 6.54 Å². The average molecular weight is 392 g/mol. The van der Waals surface area contributed by atoms with Gasteiger partial charge in [-0.1, -0.05) is 64.7 Å². The average Bonchev–Trinajstić information content (AvgIpc) is 2.55. The summed E-state index contributed by atoms with van der Waals surface area (Å²) in [6.45, 7) is 4.06. The van der Waals surface area contributed by atoms with Crippen molar-refractivity contribution < 1.29 is 31.5 Å². The van der Waals surface area contributed by atoms with E-state index in [1.54, 1.807) is 0 Å². The molecule has 1 N–H and O–H groups in total. The maximum atomic E-state index is 12.1. The molecule has 0 saturated heterocycles. The van der Waals surface area contributed by atoms with Crippen molar-refractivity contribution in [3.63, 3.8) is 0 Å². The minimum Gasteiger partial charge on any atom is -1.00 e. The fourth-order valence-electron chi connectivity index (χ4n) is 3.92. The van der Waals surface area contributed by atoms with Gasteiger partial charge in [0.25, 0.3) is 0 Å². The van der Waals surface area contributed by atoms with Crippen molar-refractivity contribution >= 4 is 5.97 Å². The Kier molecular flexibility index (Phi) is 14.5. The van der Waals surface area contributed by atoms with Gasteiger partial charge in [-0.15, -0.1) is 0 Å². The van der Waals surface area contributed by atoms with Gasteiger partial charge >= 0.3 is 5.97 Å². The Hall–Kier alpha value is -0.320. The molecule has 4 nitrogen and oxygen atoms in total. The van der Waals surface area contributed by atoms with Gasteiger partial charge in [-0.05, 0) is 19.3 Å². The standard InChI is InChI=1S/C21H42NO3.ClH/c1-4-5-6-7-8-9-10-13-16-25-21(24)18-22(2,3)17-19-14-11-12-15-20(19)23;/h19-20,23H,4-18H2,1-3H3;1H/q+1;/p-1. The van der Waals surface area contributed by atoms with Crippen LogP contribution in [0.2, 0.25) is 0 Å². The zero-order valence-corrected chi connectivity index (χ0v) is 18.1. The molecule has 1 fully saturated rings. The predicted octanol–water partition coefficient (Wildman–Crippen LogP) is 1.30. The molecule has 1 aliphatic rings. The number of hydrogen-bond acceptors (Lipinski definition) is 3. The number of aliphatic hydroxyl groups excluding tert-OH is 1. The second kappa shape index (κ2) is 14.7. The van der Waals surface area contributed by atoms with Crippen molar-refractivity contribution in [2.45, 2.75) is 90.1 Å². The quantitative estimate of drug-likeness (QED) is 0.292. The van der Waals surface area contributed by atoms with Gasteiger partial charge in [0.1, 0.15) is 0 Å². The predicted molar refractivity (Wildman–Crippen MR) is 103 cm³/mol. The number of esters is 1. The van der Waals surface area contributed by atoms with Gasteiger partial charge in [-0.3, -0.25) is 0 Å². The Morgan fingerprint density at radius 3 is 2.19 bits per heavy atom. The lowest BCUT2D eigenvalue weighted by molar-refractivity contribution is -0.887. The lowest BCUT2D eigenvalue weighted by Crippen LogP contribution is -3.00. The number of carbonyl (C=O) groups excluding carboxylic acids is 1. The summed E-state index contributed by atoms with van der Waals surface area (Å²) in [5.41, 5.74) is 0. The van der Waals surface area contributed by atoms with E-state index in [2.05, 4.69) is 21.0 Å². The molecule has 0 amide bonds. The number of ether oxygens (including phenoxy) is 1. The Balaban J connectivity index is 0.00000625. The van der Waals surface area contributed by atoms with Gasteiger partial charge in [0.2, 0.25) is 0 Å². The van der Waals surface area contributed by atoms with Crippen molar-refractivity contribution in [3.8, 4) is 0 Å². The molecule has 1 aliphatic carbocycles. The third-order valence-corrected chi connectivity index (χ3v) is 5.42. The van der Waals surface area contributed by atoms with E-state index in [0.29, 0.717) is 23.6 Å². The molecule has 5 heteroatoms. The molecule has 0 bridgehead atoms. The van der Waals surface area contributed by atoms with Gasteiger partial charge in [-0.2, -0.15) is 0 Å². The Bertz CT molecular complexity index is 363. The van der Waals surface area contributed by atoms with Crippen molar-refractivity contribution in [2.75, 3.05) is 33.8 Å². The van der Waals surface area contributed by atoms with Crippen LogP contribution in [-0.2, 0) is 9.53 Å². The van der Waals surface area contributed by atoms with Crippen LogP contribution in [0.5, 0.6) is 0 Å². The number of halogens is 1. The number of aliphatic hydroxyl groups is 1. The first-order valence-electron chi connectivity index (χ1n) is 10.6. The number of rotatable bonds is 13. The summed E-state index contributed by atoms with van der Waals surface area (Å²) in [6.07, 6.45) is 14.2. The van der Waals surface area contributed by atoms with Crippen LogP contribution in [0.1, 0.15) is 84.0 Å². The van der Waals surface area contributed by atoms with Crippen LogP contribution >= 0.6 is 0 Å². The van der Waals surface area contributed by atoms with Gasteiger partial charge in [0.05, 0.1) is 33.4 Å². The number of quaternary nitrogens is 1. The monoisotopic (exact) mass is 391 g/mol. The molecular formula is C21H42ClNO3. The fourth-order valence-corrected chi connectivity index (χ4v) is 3.92. The molecule has 1 rings (SSSR count). The topological polar surface area (TPSA) is 46.5 Å². The Morgan fingerprint density at radius 2 is 1.58 bits per heavy atom. The summed E-state index contributed by atoms with van der Waals surface area (Å²) < 4.78 is 6.03. The first kappa shape index (κ1) is 25.7. The summed E-state index contributed by atoms with van der Waals surface area (Å²) in [6, 6.07) is 0. The molecule has 0 aromatic heterocycles. The largest absolute Gasteiger partial charge is 1.00 e. The van der Waals surface area contributed by atoms with Crippen molar-refractivity contribution in [2.24, 2.45) is 5.92 Å². The molecule has 2 unspecified atom stereocenters. The minimum atomic E-state index is -0.195. The lowest BCUT2D eigenvalue weighted by atomic mass is 9.86. The summed E-state index contributed by atoms with van der Waals surface area (Å²) in [7, 11) is 4.14. The fraction of sp³-hybridized carbons (Fsp3) is 0.952. The molecular weight excluding hydrogens is 350 g/mol. The van der Waals surface area contributed by atoms with E-state index in [-0.39, 0.29) is 24.5 Å². The van der Waals surface area contributed by atoms with Gasteiger partial charge < -0.3 is 26.7 Å². The second-order valence-corrected chi connectivity index (χ2v) is 8.58. The minimum absolute atomic E-state index is 0. The molecule has 26 heavy (non-hydrogen) atoms. The molecule has 0 aliphatic heterocycles. The molecule has 1 saturated carbocycles. The van der Waals surface area contributed by atoms with E-state index in [4.69, 9.17) is 4.74 Å². The Morgan fingerprint density at radius 1 is 1.00 bits per heavy atom. The first-order chi connectivity index (χ1) is 11.9. The number of carbonyl (C=O) groups is 1. The van der Waals surface area contributed by atoms with Crippen LogP contribution in [0, 0.1) is 5.92 Å². The van der Waals surface area contributed by atoms with Crippen molar-refractivity contribution in [1.82, 2.24) is 0 Å². The van der Waals surface area contributed by atoms with E-state index in [1.165, 1.54) is 44.9 Å². The third-order valence-electron chi connectivity index (χ3n) is 5.42. The van der Waals surface area contributed by atoms with E-state index in [0.717, 1.165) is 38.6 Å². The number of unbranched alkanes of at least 4 members (excludes halogenated alkanes) is 7. The van der Waals surface area contributed by atoms with Gasteiger partial charge in [0, 0.05) is 5.92 Å². The first-order valence-corrected chi connectivity index (χ1v) is 10.6. The van der Waals surface area contributed by atoms with Crippen LogP contribution in [0.3, 0.4) is 0 Å². The zero-order valence-electron chi connectivity index (χ0n) is 17.4. The lowest BCUT2D eigenvalue weighted by Gasteiger charge is -2.36. The summed E-state index contributed by atoms with van der Waals surface area (Å²) in [4.78, 5) is 12.1. The number of likely N-dealkylation sites (N-methyl/N-ethyl adjacent to an activating group) is 1. The maximum Gasteiger partial charge on any atom is 0.361 e. The molecule has 2 atom stereocenters. The summed E-state index contributed by atoms with van der Waals surface area (Å²) >= 11 is 0. The van der Waals surface area contributed by atoms with Crippen LogP contribution in [-0.4, -0.2) is 55.5 Å². The SMILES string of the molecule is CCCCCCCCCCOC(=O)C[N+](C)(C)CC1CCCCC1O.[Cl-]. The van der Waals surface area contributed by atoms with Crippen LogP contribution in [0.4, 0.5) is 0 Å². The zero-order chi connectivity index (χ0) is 18.5. The Labute approximate surface area is 167 Å². The number of nitrogens with zero attached hydrogens (tertiary/aromatic N) is 1. The maximum absolute atomic E-state index is 12.1. The normalized spacial score (nSPS) is 20.5.